The third kappa shape index (κ3) is 4.23. The minimum absolute atomic E-state index is 0. The fourth-order valence-corrected chi connectivity index (χ4v) is 0.198. The van der Waals surface area contributed by atoms with E-state index < -0.39 is 0 Å². The van der Waals surface area contributed by atoms with Gasteiger partial charge in [0.1, 0.15) is 17.7 Å². The van der Waals surface area contributed by atoms with E-state index in [1.807, 2.05) is 0 Å². The van der Waals surface area contributed by atoms with Crippen LogP contribution >= 0.6 is 12.6 Å². The molecule has 0 bridgehead atoms. The number of thiol groups is 1. The van der Waals surface area contributed by atoms with Gasteiger partial charge < -0.3 is 0 Å². The van der Waals surface area contributed by atoms with Gasteiger partial charge in [0.25, 0.3) is 0 Å². The Morgan fingerprint density at radius 3 is 1.75 bits per heavy atom. The predicted octanol–water partition coefficient (Wildman–Crippen LogP) is 0.466. The van der Waals surface area contributed by atoms with Gasteiger partial charge in [-0.15, -0.1) is 12.6 Å². The van der Waals surface area contributed by atoms with Crippen LogP contribution in [0.4, 0.5) is 0 Å². The van der Waals surface area contributed by atoms with Crippen LogP contribution in [0.5, 0.6) is 0 Å². The first-order chi connectivity index (χ1) is 3.35. The summed E-state index contributed by atoms with van der Waals surface area (Å²) in [6.45, 7) is 0. The van der Waals surface area contributed by atoms with E-state index in [0.717, 1.165) is 0 Å². The van der Waals surface area contributed by atoms with Gasteiger partial charge in [0.15, 0.2) is 0 Å². The molecule has 0 heterocycles. The number of nitriles is 2. The first kappa shape index (κ1) is 10.9. The molecule has 0 spiro atoms. The number of hydrogen-bond donors (Lipinski definition) is 1. The van der Waals surface area contributed by atoms with Crippen LogP contribution in [0.15, 0.2) is 11.0 Å². The maximum Gasteiger partial charge on any atom is 0.135 e. The molecule has 0 aliphatic rings. The first-order valence-electron chi connectivity index (χ1n) is 1.49. The molecule has 0 saturated heterocycles. The fourth-order valence-electron chi connectivity index (χ4n) is 0.0827. The molecule has 0 fully saturated rings. The van der Waals surface area contributed by atoms with Crippen molar-refractivity contribution >= 4 is 42.2 Å². The van der Waals surface area contributed by atoms with Gasteiger partial charge in [-0.3, -0.25) is 0 Å². The average Bonchev–Trinajstić information content (AvgIpc) is 1.72. The van der Waals surface area contributed by atoms with Crippen LogP contribution < -0.4 is 0 Å². The van der Waals surface area contributed by atoms with Gasteiger partial charge in [0.05, 0.1) is 0 Å². The molecule has 0 unspecified atom stereocenters. The maximum atomic E-state index is 7.94. The van der Waals surface area contributed by atoms with Crippen molar-refractivity contribution in [3.63, 3.8) is 0 Å². The Balaban J connectivity index is 0. The average molecular weight is 133 g/mol. The topological polar surface area (TPSA) is 47.6 Å². The summed E-state index contributed by atoms with van der Waals surface area (Å²) in [5.74, 6) is 0. The van der Waals surface area contributed by atoms with Crippen molar-refractivity contribution in [2.75, 3.05) is 0 Å². The molecule has 0 aromatic rings. The van der Waals surface area contributed by atoms with Crippen molar-refractivity contribution in [3.05, 3.63) is 11.0 Å². The molecule has 35 valence electrons. The Morgan fingerprint density at radius 2 is 1.75 bits per heavy atom. The standard InChI is InChI=1S/C4H2N2S.Na/c5-1-4(2-6)3-7;/h3,7H;. The summed E-state index contributed by atoms with van der Waals surface area (Å²) < 4.78 is 0. The van der Waals surface area contributed by atoms with Gasteiger partial charge in [-0.1, -0.05) is 0 Å². The van der Waals surface area contributed by atoms with E-state index in [9.17, 15) is 0 Å². The van der Waals surface area contributed by atoms with E-state index in [1.165, 1.54) is 5.41 Å². The molecular formula is C4H2N2NaS. The van der Waals surface area contributed by atoms with E-state index in [1.54, 1.807) is 12.1 Å². The van der Waals surface area contributed by atoms with Crippen LogP contribution in [0, 0.1) is 22.7 Å². The molecule has 0 rings (SSSR count). The van der Waals surface area contributed by atoms with E-state index >= 15 is 0 Å². The molecule has 0 N–H and O–H groups in total. The smallest absolute Gasteiger partial charge is 0.135 e. The van der Waals surface area contributed by atoms with Crippen LogP contribution in [-0.4, -0.2) is 29.6 Å². The minimum atomic E-state index is 0. The third-order valence-corrected chi connectivity index (χ3v) is 0.628. The molecule has 0 amide bonds. The van der Waals surface area contributed by atoms with E-state index in [2.05, 4.69) is 12.6 Å². The van der Waals surface area contributed by atoms with Crippen molar-refractivity contribution in [2.45, 2.75) is 0 Å². The van der Waals surface area contributed by atoms with Gasteiger partial charge in [-0.05, 0) is 5.41 Å². The molecule has 8 heavy (non-hydrogen) atoms. The van der Waals surface area contributed by atoms with E-state index in [-0.39, 0.29) is 35.1 Å². The Bertz CT molecular complexity index is 146. The van der Waals surface area contributed by atoms with Crippen LogP contribution in [0.3, 0.4) is 0 Å². The van der Waals surface area contributed by atoms with Crippen molar-refractivity contribution in [3.8, 4) is 12.1 Å². The molecule has 0 aromatic heterocycles. The summed E-state index contributed by atoms with van der Waals surface area (Å²) in [7, 11) is 0. The Morgan fingerprint density at radius 1 is 1.38 bits per heavy atom. The summed E-state index contributed by atoms with van der Waals surface area (Å²) in [4.78, 5) is 0. The molecule has 4 heteroatoms. The summed E-state index contributed by atoms with van der Waals surface area (Å²) in [6.07, 6.45) is 0. The molecule has 0 aliphatic carbocycles. The zero-order valence-corrected chi connectivity index (χ0v) is 7.31. The number of nitrogens with zero attached hydrogens (tertiary/aromatic N) is 2. The molecule has 0 saturated carbocycles. The zero-order valence-electron chi connectivity index (χ0n) is 4.42. The second kappa shape index (κ2) is 7.07. The SMILES string of the molecule is N#CC(C#N)=CS.[Na]. The second-order valence-corrected chi connectivity index (χ2v) is 1.02. The number of rotatable bonds is 0. The fraction of sp³-hybridized carbons (Fsp3) is 0. The Labute approximate surface area is 75.5 Å². The first-order valence-corrected chi connectivity index (χ1v) is 2.01. The molecular weight excluding hydrogens is 131 g/mol. The Kier molecular flexibility index (Phi) is 9.68. The van der Waals surface area contributed by atoms with Crippen molar-refractivity contribution in [2.24, 2.45) is 0 Å². The van der Waals surface area contributed by atoms with Crippen LogP contribution in [0.25, 0.3) is 0 Å². The van der Waals surface area contributed by atoms with Gasteiger partial charge in [-0.25, -0.2) is 0 Å². The quantitative estimate of drug-likeness (QED) is 0.296. The molecule has 1 radical (unpaired) electrons. The summed E-state index contributed by atoms with van der Waals surface area (Å²) in [6, 6.07) is 3.25. The number of allylic oxidation sites excluding steroid dienone is 1. The van der Waals surface area contributed by atoms with Crippen LogP contribution in [0.1, 0.15) is 0 Å². The predicted molar refractivity (Wildman–Crippen MR) is 34.0 cm³/mol. The van der Waals surface area contributed by atoms with Gasteiger partial charge in [0.2, 0.25) is 0 Å². The van der Waals surface area contributed by atoms with Crippen molar-refractivity contribution in [1.82, 2.24) is 0 Å². The molecule has 0 aromatic carbocycles. The largest absolute Gasteiger partial charge is 0.192 e. The summed E-state index contributed by atoms with van der Waals surface area (Å²) in [5.41, 5.74) is 0.0309. The van der Waals surface area contributed by atoms with Gasteiger partial charge in [-0.2, -0.15) is 10.5 Å². The third-order valence-electron chi connectivity index (χ3n) is 0.370. The zero-order chi connectivity index (χ0) is 5.70. The molecule has 0 aliphatic heterocycles. The van der Waals surface area contributed by atoms with Crippen molar-refractivity contribution in [1.29, 1.82) is 10.5 Å². The molecule has 0 atom stereocenters. The van der Waals surface area contributed by atoms with E-state index in [4.69, 9.17) is 10.5 Å². The summed E-state index contributed by atoms with van der Waals surface area (Å²) in [5, 5.41) is 17.0. The van der Waals surface area contributed by atoms with Crippen LogP contribution in [0.2, 0.25) is 0 Å². The summed E-state index contributed by atoms with van der Waals surface area (Å²) >= 11 is 3.57. The second-order valence-electron chi connectivity index (χ2n) is 0.766. The Hall–Kier alpha value is 0.0700. The van der Waals surface area contributed by atoms with E-state index in [0.29, 0.717) is 0 Å². The van der Waals surface area contributed by atoms with Gasteiger partial charge >= 0.3 is 0 Å². The minimum Gasteiger partial charge on any atom is -0.192 e. The monoisotopic (exact) mass is 133 g/mol. The maximum absolute atomic E-state index is 7.94. The normalized spacial score (nSPS) is 4.88. The molecule has 2 nitrogen and oxygen atoms in total. The van der Waals surface area contributed by atoms with Crippen LogP contribution in [-0.2, 0) is 0 Å². The number of hydrogen-bond acceptors (Lipinski definition) is 3. The van der Waals surface area contributed by atoms with Gasteiger partial charge in [0, 0.05) is 29.6 Å². The van der Waals surface area contributed by atoms with Crippen molar-refractivity contribution < 1.29 is 0 Å².